The lowest BCUT2D eigenvalue weighted by molar-refractivity contribution is 0.110. The van der Waals surface area contributed by atoms with Crippen molar-refractivity contribution < 1.29 is 18.3 Å². The number of aldehydes is 1. The van der Waals surface area contributed by atoms with Crippen molar-refractivity contribution in [2.75, 3.05) is 7.11 Å². The van der Waals surface area contributed by atoms with Crippen molar-refractivity contribution in [2.24, 2.45) is 0 Å². The maximum absolute atomic E-state index is 12.5. The fourth-order valence-corrected chi connectivity index (χ4v) is 1.19. The number of aromatic nitrogens is 1. The molecule has 0 unspecified atom stereocenters. The van der Waals surface area contributed by atoms with Gasteiger partial charge in [0.15, 0.2) is 6.29 Å². The topological polar surface area (TPSA) is 39.2 Å². The van der Waals surface area contributed by atoms with Crippen LogP contribution in [0.5, 0.6) is 5.88 Å². The summed E-state index contributed by atoms with van der Waals surface area (Å²) in [4.78, 5) is 14.1. The van der Waals surface area contributed by atoms with Crippen molar-refractivity contribution in [3.63, 3.8) is 0 Å². The Morgan fingerprint density at radius 2 is 2.29 bits per heavy atom. The Morgan fingerprint density at radius 3 is 2.71 bits per heavy atom. The average molecular weight is 222 g/mol. The number of halogens is 3. The SMILES string of the molecule is COc1ncc(Cl)c(C=O)c1C(F)F. The monoisotopic (exact) mass is 221 g/mol. The highest BCUT2D eigenvalue weighted by Gasteiger charge is 2.22. The van der Waals surface area contributed by atoms with Crippen LogP contribution in [0, 0.1) is 0 Å². The van der Waals surface area contributed by atoms with Crippen LogP contribution in [0.2, 0.25) is 5.02 Å². The number of carbonyl (C=O) groups is 1. The predicted molar refractivity (Wildman–Crippen MR) is 46.1 cm³/mol. The number of hydrogen-bond donors (Lipinski definition) is 0. The van der Waals surface area contributed by atoms with Crippen molar-refractivity contribution >= 4 is 17.9 Å². The van der Waals surface area contributed by atoms with E-state index in [2.05, 4.69) is 9.72 Å². The molecule has 76 valence electrons. The van der Waals surface area contributed by atoms with E-state index in [0.717, 1.165) is 6.20 Å². The summed E-state index contributed by atoms with van der Waals surface area (Å²) in [7, 11) is 1.19. The highest BCUT2D eigenvalue weighted by molar-refractivity contribution is 6.33. The molecule has 6 heteroatoms. The van der Waals surface area contributed by atoms with Gasteiger partial charge in [0.1, 0.15) is 0 Å². The molecule has 0 aromatic carbocycles. The molecule has 0 spiro atoms. The van der Waals surface area contributed by atoms with Crippen LogP contribution in [-0.2, 0) is 0 Å². The Morgan fingerprint density at radius 1 is 1.64 bits per heavy atom. The summed E-state index contributed by atoms with van der Waals surface area (Å²) in [6.07, 6.45) is -1.50. The third-order valence-electron chi connectivity index (χ3n) is 1.60. The summed E-state index contributed by atoms with van der Waals surface area (Å²) in [6.45, 7) is 0. The molecule has 0 aliphatic carbocycles. The highest BCUT2D eigenvalue weighted by atomic mass is 35.5. The molecule has 0 aliphatic heterocycles. The quantitative estimate of drug-likeness (QED) is 0.736. The molecule has 0 bridgehead atoms. The second kappa shape index (κ2) is 4.32. The van der Waals surface area contributed by atoms with Gasteiger partial charge >= 0.3 is 0 Å². The van der Waals surface area contributed by atoms with Gasteiger partial charge in [0.25, 0.3) is 6.43 Å². The molecular formula is C8H6ClF2NO2. The molecule has 0 saturated heterocycles. The van der Waals surface area contributed by atoms with E-state index in [1.165, 1.54) is 7.11 Å². The lowest BCUT2D eigenvalue weighted by atomic mass is 10.1. The number of ether oxygens (including phenoxy) is 1. The molecule has 1 heterocycles. The largest absolute Gasteiger partial charge is 0.481 e. The van der Waals surface area contributed by atoms with Gasteiger partial charge < -0.3 is 4.74 Å². The summed E-state index contributed by atoms with van der Waals surface area (Å²) < 4.78 is 29.6. The molecule has 0 saturated carbocycles. The summed E-state index contributed by atoms with van der Waals surface area (Å²) in [6, 6.07) is 0. The number of pyridine rings is 1. The van der Waals surface area contributed by atoms with Crippen LogP contribution in [0.25, 0.3) is 0 Å². The Labute approximate surface area is 83.7 Å². The molecule has 0 N–H and O–H groups in total. The van der Waals surface area contributed by atoms with Crippen LogP contribution in [0.3, 0.4) is 0 Å². The van der Waals surface area contributed by atoms with Gasteiger partial charge in [-0.1, -0.05) is 11.6 Å². The lowest BCUT2D eigenvalue weighted by Crippen LogP contribution is -2.01. The summed E-state index contributed by atoms with van der Waals surface area (Å²) >= 11 is 5.52. The first-order valence-corrected chi connectivity index (χ1v) is 3.95. The second-order valence-electron chi connectivity index (χ2n) is 2.36. The molecule has 0 radical (unpaired) electrons. The summed E-state index contributed by atoms with van der Waals surface area (Å²) in [5.74, 6) is -0.286. The zero-order valence-corrected chi connectivity index (χ0v) is 7.89. The van der Waals surface area contributed by atoms with E-state index >= 15 is 0 Å². The van der Waals surface area contributed by atoms with Gasteiger partial charge in [0.2, 0.25) is 5.88 Å². The van der Waals surface area contributed by atoms with Crippen molar-refractivity contribution in [3.8, 4) is 5.88 Å². The molecule has 3 nitrogen and oxygen atoms in total. The maximum atomic E-state index is 12.5. The number of methoxy groups -OCH3 is 1. The second-order valence-corrected chi connectivity index (χ2v) is 2.77. The zero-order valence-electron chi connectivity index (χ0n) is 7.13. The van der Waals surface area contributed by atoms with Crippen LogP contribution < -0.4 is 4.74 Å². The standard InChI is InChI=1S/C8H6ClF2NO2/c1-14-8-6(7(10)11)4(3-13)5(9)2-12-8/h2-3,7H,1H3. The van der Waals surface area contributed by atoms with Crippen molar-refractivity contribution in [1.82, 2.24) is 4.98 Å². The van der Waals surface area contributed by atoms with Crippen LogP contribution in [0.4, 0.5) is 8.78 Å². The third kappa shape index (κ3) is 1.82. The van der Waals surface area contributed by atoms with Crippen LogP contribution in [0.1, 0.15) is 22.3 Å². The Kier molecular flexibility index (Phi) is 3.35. The summed E-state index contributed by atoms with van der Waals surface area (Å²) in [5.41, 5.74) is -0.858. The first-order valence-electron chi connectivity index (χ1n) is 3.57. The van der Waals surface area contributed by atoms with E-state index in [4.69, 9.17) is 11.6 Å². The van der Waals surface area contributed by atoms with Crippen LogP contribution in [0.15, 0.2) is 6.20 Å². The van der Waals surface area contributed by atoms with Gasteiger partial charge in [0.05, 0.1) is 23.9 Å². The highest BCUT2D eigenvalue weighted by Crippen LogP contribution is 2.32. The van der Waals surface area contributed by atoms with E-state index in [0.29, 0.717) is 0 Å². The molecule has 1 rings (SSSR count). The fraction of sp³-hybridized carbons (Fsp3) is 0.250. The van der Waals surface area contributed by atoms with E-state index in [9.17, 15) is 13.6 Å². The van der Waals surface area contributed by atoms with Gasteiger partial charge in [0, 0.05) is 5.56 Å². The number of hydrogen-bond acceptors (Lipinski definition) is 3. The lowest BCUT2D eigenvalue weighted by Gasteiger charge is -2.09. The zero-order chi connectivity index (χ0) is 10.7. The minimum atomic E-state index is -2.85. The molecule has 1 aromatic rings. The molecular weight excluding hydrogens is 216 g/mol. The third-order valence-corrected chi connectivity index (χ3v) is 1.90. The van der Waals surface area contributed by atoms with E-state index < -0.39 is 12.0 Å². The number of rotatable bonds is 3. The fourth-order valence-electron chi connectivity index (χ4n) is 0.992. The minimum absolute atomic E-state index is 0.115. The van der Waals surface area contributed by atoms with Gasteiger partial charge in [-0.15, -0.1) is 0 Å². The van der Waals surface area contributed by atoms with Crippen molar-refractivity contribution in [1.29, 1.82) is 0 Å². The predicted octanol–water partition coefficient (Wildman–Crippen LogP) is 2.49. The van der Waals surface area contributed by atoms with Crippen molar-refractivity contribution in [2.45, 2.75) is 6.43 Å². The Hall–Kier alpha value is -1.23. The van der Waals surface area contributed by atoms with Crippen LogP contribution >= 0.6 is 11.6 Å². The minimum Gasteiger partial charge on any atom is -0.481 e. The normalized spacial score (nSPS) is 10.4. The van der Waals surface area contributed by atoms with E-state index in [1.807, 2.05) is 0 Å². The number of carbonyl (C=O) groups excluding carboxylic acids is 1. The molecule has 0 aliphatic rings. The van der Waals surface area contributed by atoms with Gasteiger partial charge in [-0.25, -0.2) is 13.8 Å². The molecule has 14 heavy (non-hydrogen) atoms. The van der Waals surface area contributed by atoms with Gasteiger partial charge in [-0.2, -0.15) is 0 Å². The van der Waals surface area contributed by atoms with Crippen molar-refractivity contribution in [3.05, 3.63) is 22.3 Å². The Balaban J connectivity index is 3.43. The van der Waals surface area contributed by atoms with Gasteiger partial charge in [-0.3, -0.25) is 4.79 Å². The molecule has 0 atom stereocenters. The van der Waals surface area contributed by atoms with Crippen LogP contribution in [-0.4, -0.2) is 18.4 Å². The number of nitrogens with zero attached hydrogens (tertiary/aromatic N) is 1. The molecule has 0 fully saturated rings. The molecule has 1 aromatic heterocycles. The maximum Gasteiger partial charge on any atom is 0.269 e. The molecule has 0 amide bonds. The summed E-state index contributed by atoms with van der Waals surface area (Å²) in [5, 5.41) is -0.115. The number of alkyl halides is 2. The first kappa shape index (κ1) is 10.8. The van der Waals surface area contributed by atoms with E-state index in [-0.39, 0.29) is 22.8 Å². The smallest absolute Gasteiger partial charge is 0.269 e. The van der Waals surface area contributed by atoms with E-state index in [1.54, 1.807) is 0 Å². The first-order chi connectivity index (χ1) is 6.61. The van der Waals surface area contributed by atoms with Gasteiger partial charge in [-0.05, 0) is 0 Å². The average Bonchev–Trinajstić information content (AvgIpc) is 2.17. The Bertz CT molecular complexity index is 357.